The van der Waals surface area contributed by atoms with Gasteiger partial charge in [0.1, 0.15) is 11.1 Å². The molecule has 0 aromatic rings. The van der Waals surface area contributed by atoms with Crippen LogP contribution in [0.4, 0.5) is 4.79 Å². The van der Waals surface area contributed by atoms with Crippen molar-refractivity contribution in [2.75, 3.05) is 6.61 Å². The Bertz CT molecular complexity index is 406. The number of rotatable bonds is 4. The van der Waals surface area contributed by atoms with Crippen molar-refractivity contribution in [3.8, 4) is 0 Å². The van der Waals surface area contributed by atoms with Gasteiger partial charge in [-0.2, -0.15) is 0 Å². The Morgan fingerprint density at radius 2 is 1.85 bits per heavy atom. The molecule has 0 unspecified atom stereocenters. The van der Waals surface area contributed by atoms with Gasteiger partial charge in [-0.15, -0.1) is 0 Å². The summed E-state index contributed by atoms with van der Waals surface area (Å²) in [6.07, 6.45) is -0.727. The summed E-state index contributed by atoms with van der Waals surface area (Å²) in [5.74, 6) is -2.27. The zero-order valence-electron chi connectivity index (χ0n) is 12.2. The van der Waals surface area contributed by atoms with Crippen molar-refractivity contribution in [3.63, 3.8) is 0 Å². The number of alkyl carbamates (subject to hydrolysis) is 1. The van der Waals surface area contributed by atoms with Crippen molar-refractivity contribution >= 4 is 18.0 Å². The number of esters is 1. The Labute approximate surface area is 117 Å². The van der Waals surface area contributed by atoms with Crippen LogP contribution in [0, 0.1) is 5.92 Å². The monoisotopic (exact) mass is 287 g/mol. The molecule has 0 bridgehead atoms. The Morgan fingerprint density at radius 3 is 2.25 bits per heavy atom. The van der Waals surface area contributed by atoms with E-state index in [1.807, 2.05) is 0 Å². The smallest absolute Gasteiger partial charge is 0.408 e. The average Bonchev–Trinajstić information content (AvgIpc) is 2.19. The molecule has 0 radical (unpaired) electrons. The molecule has 0 aromatic carbocycles. The molecule has 1 amide bonds. The number of carboxylic acid groups (broad SMARTS) is 1. The third-order valence-corrected chi connectivity index (χ3v) is 2.95. The number of carbonyl (C=O) groups excluding carboxylic acids is 2. The van der Waals surface area contributed by atoms with Crippen molar-refractivity contribution in [2.45, 2.75) is 51.7 Å². The maximum atomic E-state index is 11.9. The highest BCUT2D eigenvalue weighted by atomic mass is 16.6. The predicted molar refractivity (Wildman–Crippen MR) is 69.1 cm³/mol. The van der Waals surface area contributed by atoms with Crippen molar-refractivity contribution < 1.29 is 29.0 Å². The van der Waals surface area contributed by atoms with Crippen LogP contribution in [-0.2, 0) is 19.1 Å². The first kappa shape index (κ1) is 16.3. The Morgan fingerprint density at radius 1 is 1.30 bits per heavy atom. The zero-order valence-corrected chi connectivity index (χ0v) is 12.2. The molecule has 20 heavy (non-hydrogen) atoms. The van der Waals surface area contributed by atoms with E-state index in [1.165, 1.54) is 0 Å². The van der Waals surface area contributed by atoms with Gasteiger partial charge in [-0.3, -0.25) is 4.79 Å². The lowest BCUT2D eigenvalue weighted by molar-refractivity contribution is -0.163. The van der Waals surface area contributed by atoms with Crippen LogP contribution < -0.4 is 5.32 Å². The van der Waals surface area contributed by atoms with Gasteiger partial charge in [0.2, 0.25) is 0 Å². The molecule has 0 saturated heterocycles. The fraction of sp³-hybridized carbons (Fsp3) is 0.769. The van der Waals surface area contributed by atoms with Crippen LogP contribution in [-0.4, -0.2) is 40.9 Å². The lowest BCUT2D eigenvalue weighted by atomic mass is 9.68. The number of ether oxygens (including phenoxy) is 2. The first-order valence-corrected chi connectivity index (χ1v) is 6.51. The lowest BCUT2D eigenvalue weighted by Crippen LogP contribution is -2.64. The van der Waals surface area contributed by atoms with Crippen LogP contribution in [0.3, 0.4) is 0 Å². The topological polar surface area (TPSA) is 102 Å². The number of hydrogen-bond donors (Lipinski definition) is 2. The molecule has 0 atom stereocenters. The maximum absolute atomic E-state index is 11.9. The SMILES string of the molecule is CCOC(=O)C1(NC(=O)OC(C)(C)C)CC(C(=O)O)C1. The molecular formula is C13H21NO6. The summed E-state index contributed by atoms with van der Waals surface area (Å²) in [6, 6.07) is 0. The summed E-state index contributed by atoms with van der Waals surface area (Å²) >= 11 is 0. The molecule has 7 nitrogen and oxygen atoms in total. The highest BCUT2D eigenvalue weighted by Gasteiger charge is 2.55. The highest BCUT2D eigenvalue weighted by molar-refractivity contribution is 5.89. The third kappa shape index (κ3) is 3.85. The van der Waals surface area contributed by atoms with Crippen molar-refractivity contribution in [2.24, 2.45) is 5.92 Å². The van der Waals surface area contributed by atoms with Gasteiger partial charge in [-0.1, -0.05) is 0 Å². The van der Waals surface area contributed by atoms with E-state index in [0.717, 1.165) is 0 Å². The van der Waals surface area contributed by atoms with E-state index in [-0.39, 0.29) is 19.4 Å². The van der Waals surface area contributed by atoms with Crippen molar-refractivity contribution in [3.05, 3.63) is 0 Å². The van der Waals surface area contributed by atoms with Gasteiger partial charge in [0.15, 0.2) is 0 Å². The minimum absolute atomic E-state index is 0.0143. The number of nitrogens with one attached hydrogen (secondary N) is 1. The molecule has 1 saturated carbocycles. The quantitative estimate of drug-likeness (QED) is 0.756. The van der Waals surface area contributed by atoms with Gasteiger partial charge < -0.3 is 19.9 Å². The average molecular weight is 287 g/mol. The van der Waals surface area contributed by atoms with E-state index >= 15 is 0 Å². The van der Waals surface area contributed by atoms with Crippen LogP contribution in [0.15, 0.2) is 0 Å². The molecule has 0 aromatic heterocycles. The molecular weight excluding hydrogens is 266 g/mol. The Balaban J connectivity index is 2.74. The molecule has 0 heterocycles. The van der Waals surface area contributed by atoms with Gasteiger partial charge in [0.25, 0.3) is 0 Å². The van der Waals surface area contributed by atoms with Gasteiger partial charge in [0.05, 0.1) is 12.5 Å². The molecule has 0 spiro atoms. The summed E-state index contributed by atoms with van der Waals surface area (Å²) in [6.45, 7) is 6.90. The number of amides is 1. The van der Waals surface area contributed by atoms with E-state index in [1.54, 1.807) is 27.7 Å². The third-order valence-electron chi connectivity index (χ3n) is 2.95. The van der Waals surface area contributed by atoms with E-state index < -0.39 is 35.1 Å². The lowest BCUT2D eigenvalue weighted by Gasteiger charge is -2.43. The second-order valence-electron chi connectivity index (χ2n) is 5.87. The molecule has 1 aliphatic carbocycles. The minimum Gasteiger partial charge on any atom is -0.481 e. The number of carbonyl (C=O) groups is 3. The minimum atomic E-state index is -1.29. The number of carboxylic acids is 1. The molecule has 0 aliphatic heterocycles. The van der Waals surface area contributed by atoms with E-state index in [9.17, 15) is 14.4 Å². The summed E-state index contributed by atoms with van der Waals surface area (Å²) in [5.41, 5.74) is -1.99. The van der Waals surface area contributed by atoms with E-state index in [2.05, 4.69) is 5.32 Å². The zero-order chi connectivity index (χ0) is 15.6. The van der Waals surface area contributed by atoms with Gasteiger partial charge in [0, 0.05) is 0 Å². The summed E-state index contributed by atoms with van der Waals surface area (Å²) in [7, 11) is 0. The number of hydrogen-bond acceptors (Lipinski definition) is 5. The number of aliphatic carboxylic acids is 1. The first-order chi connectivity index (χ1) is 9.09. The first-order valence-electron chi connectivity index (χ1n) is 6.51. The van der Waals surface area contributed by atoms with E-state index in [0.29, 0.717) is 0 Å². The van der Waals surface area contributed by atoms with Gasteiger partial charge >= 0.3 is 18.0 Å². The van der Waals surface area contributed by atoms with Crippen LogP contribution in [0.1, 0.15) is 40.5 Å². The largest absolute Gasteiger partial charge is 0.481 e. The molecule has 2 N–H and O–H groups in total. The molecule has 114 valence electrons. The van der Waals surface area contributed by atoms with Crippen molar-refractivity contribution in [1.82, 2.24) is 5.32 Å². The van der Waals surface area contributed by atoms with Gasteiger partial charge in [-0.05, 0) is 40.5 Å². The second-order valence-corrected chi connectivity index (χ2v) is 5.87. The maximum Gasteiger partial charge on any atom is 0.408 e. The molecule has 7 heteroatoms. The molecule has 1 rings (SSSR count). The van der Waals surface area contributed by atoms with Crippen LogP contribution >= 0.6 is 0 Å². The van der Waals surface area contributed by atoms with Gasteiger partial charge in [-0.25, -0.2) is 9.59 Å². The fourth-order valence-electron chi connectivity index (χ4n) is 2.04. The fourth-order valence-corrected chi connectivity index (χ4v) is 2.04. The summed E-state index contributed by atoms with van der Waals surface area (Å²) in [4.78, 5) is 34.6. The molecule has 1 fully saturated rings. The van der Waals surface area contributed by atoms with Crippen LogP contribution in [0.5, 0.6) is 0 Å². The summed E-state index contributed by atoms with van der Waals surface area (Å²) < 4.78 is 9.99. The Kier molecular flexibility index (Phi) is 4.62. The Hall–Kier alpha value is -1.79. The van der Waals surface area contributed by atoms with E-state index in [4.69, 9.17) is 14.6 Å². The normalized spacial score (nSPS) is 25.3. The molecule has 1 aliphatic rings. The summed E-state index contributed by atoms with van der Waals surface area (Å²) in [5, 5.41) is 11.4. The van der Waals surface area contributed by atoms with Crippen molar-refractivity contribution in [1.29, 1.82) is 0 Å². The van der Waals surface area contributed by atoms with Crippen LogP contribution in [0.2, 0.25) is 0 Å². The highest BCUT2D eigenvalue weighted by Crippen LogP contribution is 2.39. The predicted octanol–water partition coefficient (Wildman–Crippen LogP) is 1.31. The van der Waals surface area contributed by atoms with Crippen LogP contribution in [0.25, 0.3) is 0 Å². The second kappa shape index (κ2) is 5.68. The standard InChI is InChI=1S/C13H21NO6/c1-5-19-10(17)13(6-8(7-13)9(15)16)14-11(18)20-12(2,3)4/h8H,5-7H2,1-4H3,(H,14,18)(H,15,16).